The summed E-state index contributed by atoms with van der Waals surface area (Å²) in [5.41, 5.74) is -2.42. The van der Waals surface area contributed by atoms with Gasteiger partial charge in [-0.05, 0) is 42.5 Å². The van der Waals surface area contributed by atoms with Crippen LogP contribution in [0.5, 0.6) is 0 Å². The minimum absolute atomic E-state index is 0.00773. The lowest BCUT2D eigenvalue weighted by atomic mass is 10.3. The van der Waals surface area contributed by atoms with Gasteiger partial charge in [-0.2, -0.15) is 16.8 Å². The SMILES string of the molecule is CNc1ccc(N=Nc2c(C(=O)O)[nH]n(-c3ccc(S(=O)(=O)O)cc3)c2=O)c(S(=O)(=O)O)c1. The van der Waals surface area contributed by atoms with E-state index in [2.05, 4.69) is 20.6 Å². The summed E-state index contributed by atoms with van der Waals surface area (Å²) in [4.78, 5) is 23.2. The molecule has 1 heterocycles. The number of aromatic nitrogens is 2. The highest BCUT2D eigenvalue weighted by Gasteiger charge is 2.22. The van der Waals surface area contributed by atoms with Crippen LogP contribution in [0.1, 0.15) is 10.5 Å². The van der Waals surface area contributed by atoms with E-state index in [9.17, 15) is 36.1 Å². The summed E-state index contributed by atoms with van der Waals surface area (Å²) in [6, 6.07) is 7.88. The molecule has 14 nitrogen and oxygen atoms in total. The molecule has 0 bridgehead atoms. The fraction of sp³-hybridized carbons (Fsp3) is 0.0588. The fourth-order valence-corrected chi connectivity index (χ4v) is 3.81. The highest BCUT2D eigenvalue weighted by Crippen LogP contribution is 2.29. The molecule has 3 aromatic rings. The molecular weight excluding hydrogens is 482 g/mol. The molecule has 0 spiro atoms. The first kappa shape index (κ1) is 23.8. The Bertz CT molecular complexity index is 1540. The quantitative estimate of drug-likeness (QED) is 0.235. The van der Waals surface area contributed by atoms with Crippen molar-refractivity contribution in [1.82, 2.24) is 9.78 Å². The maximum absolute atomic E-state index is 12.7. The summed E-state index contributed by atoms with van der Waals surface area (Å²) in [5.74, 6) is -1.59. The lowest BCUT2D eigenvalue weighted by molar-refractivity contribution is 0.0690. The number of nitrogens with zero attached hydrogens (tertiary/aromatic N) is 3. The van der Waals surface area contributed by atoms with E-state index < -0.39 is 52.9 Å². The number of hydrogen-bond donors (Lipinski definition) is 5. The van der Waals surface area contributed by atoms with Gasteiger partial charge in [0.05, 0.1) is 10.6 Å². The molecule has 0 aliphatic carbocycles. The highest BCUT2D eigenvalue weighted by atomic mass is 32.2. The summed E-state index contributed by atoms with van der Waals surface area (Å²) >= 11 is 0. The predicted octanol–water partition coefficient (Wildman–Crippen LogP) is 1.81. The molecule has 0 amide bonds. The first-order valence-electron chi connectivity index (χ1n) is 8.70. The number of aromatic amines is 1. The van der Waals surface area contributed by atoms with E-state index in [0.717, 1.165) is 35.0 Å². The van der Waals surface area contributed by atoms with E-state index in [-0.39, 0.29) is 11.4 Å². The number of hydrogen-bond acceptors (Lipinski definition) is 9. The number of carboxylic acid groups (broad SMARTS) is 1. The number of nitrogens with one attached hydrogen (secondary N) is 2. The summed E-state index contributed by atoms with van der Waals surface area (Å²) in [7, 11) is -7.71. The van der Waals surface area contributed by atoms with Crippen LogP contribution in [-0.2, 0) is 20.2 Å². The minimum atomic E-state index is -4.73. The van der Waals surface area contributed by atoms with Crippen molar-refractivity contribution >= 4 is 43.3 Å². The molecule has 3 rings (SSSR count). The molecule has 174 valence electrons. The number of carbonyl (C=O) groups is 1. The summed E-state index contributed by atoms with van der Waals surface area (Å²) in [6.45, 7) is 0. The van der Waals surface area contributed by atoms with E-state index in [4.69, 9.17) is 4.55 Å². The molecule has 0 aliphatic rings. The summed E-state index contributed by atoms with van der Waals surface area (Å²) < 4.78 is 64.9. The molecule has 0 saturated heterocycles. The van der Waals surface area contributed by atoms with Crippen molar-refractivity contribution in [2.24, 2.45) is 10.2 Å². The van der Waals surface area contributed by atoms with Crippen molar-refractivity contribution in [2.75, 3.05) is 12.4 Å². The van der Waals surface area contributed by atoms with Crippen molar-refractivity contribution in [3.05, 3.63) is 58.5 Å². The maximum Gasteiger partial charge on any atom is 0.356 e. The molecule has 0 aliphatic heterocycles. The van der Waals surface area contributed by atoms with Gasteiger partial charge in [-0.3, -0.25) is 19.0 Å². The minimum Gasteiger partial charge on any atom is -0.476 e. The van der Waals surface area contributed by atoms with Gasteiger partial charge in [0.25, 0.3) is 25.8 Å². The van der Waals surface area contributed by atoms with Crippen molar-refractivity contribution in [2.45, 2.75) is 9.79 Å². The van der Waals surface area contributed by atoms with Gasteiger partial charge in [0.15, 0.2) is 11.4 Å². The van der Waals surface area contributed by atoms with Crippen molar-refractivity contribution < 1.29 is 35.8 Å². The fourth-order valence-electron chi connectivity index (χ4n) is 2.68. The third-order valence-corrected chi connectivity index (χ3v) is 6.01. The van der Waals surface area contributed by atoms with Gasteiger partial charge in [0.1, 0.15) is 10.6 Å². The zero-order valence-corrected chi connectivity index (χ0v) is 18.1. The molecule has 16 heteroatoms. The van der Waals surface area contributed by atoms with Crippen molar-refractivity contribution in [3.63, 3.8) is 0 Å². The number of anilines is 1. The van der Waals surface area contributed by atoms with E-state index in [1.165, 1.54) is 19.2 Å². The number of rotatable bonds is 7. The molecule has 0 fully saturated rings. The van der Waals surface area contributed by atoms with Crippen molar-refractivity contribution in [1.29, 1.82) is 0 Å². The first-order chi connectivity index (χ1) is 15.3. The Kier molecular flexibility index (Phi) is 6.19. The Morgan fingerprint density at radius 1 is 1.00 bits per heavy atom. The first-order valence-corrected chi connectivity index (χ1v) is 11.6. The average molecular weight is 497 g/mol. The van der Waals surface area contributed by atoms with Gasteiger partial charge in [0.2, 0.25) is 0 Å². The maximum atomic E-state index is 12.7. The second-order valence-corrected chi connectivity index (χ2v) is 9.17. The van der Waals surface area contributed by atoms with E-state index in [0.29, 0.717) is 5.69 Å². The van der Waals surface area contributed by atoms with Crippen LogP contribution >= 0.6 is 0 Å². The second-order valence-electron chi connectivity index (χ2n) is 6.36. The summed E-state index contributed by atoms with van der Waals surface area (Å²) in [5, 5.41) is 21.6. The zero-order chi connectivity index (χ0) is 24.6. The third-order valence-electron chi connectivity index (χ3n) is 4.26. The van der Waals surface area contributed by atoms with Crippen LogP contribution in [0.4, 0.5) is 17.1 Å². The largest absolute Gasteiger partial charge is 0.476 e. The van der Waals surface area contributed by atoms with Crippen LogP contribution < -0.4 is 10.9 Å². The standard InChI is InChI=1S/C17H15N5O9S2/c1-18-9-2-7-12(13(8-9)33(29,30)31)19-20-14-15(17(24)25)21-22(16(14)23)10-3-5-11(6-4-10)32(26,27)28/h2-8,18,21H,1H3,(H,24,25)(H,26,27,28)(H,29,30,31). The number of H-pyrrole nitrogens is 1. The average Bonchev–Trinajstić information content (AvgIpc) is 3.07. The molecule has 2 aromatic carbocycles. The Morgan fingerprint density at radius 3 is 2.15 bits per heavy atom. The Hall–Kier alpha value is -3.86. The number of carboxylic acids is 1. The normalized spacial score (nSPS) is 12.2. The van der Waals surface area contributed by atoms with Gasteiger partial charge < -0.3 is 10.4 Å². The Morgan fingerprint density at radius 2 is 1.64 bits per heavy atom. The van der Waals surface area contributed by atoms with Crippen molar-refractivity contribution in [3.8, 4) is 5.69 Å². The van der Waals surface area contributed by atoms with E-state index >= 15 is 0 Å². The summed E-state index contributed by atoms with van der Waals surface area (Å²) in [6.07, 6.45) is 0. The van der Waals surface area contributed by atoms with Gasteiger partial charge in [-0.15, -0.1) is 10.2 Å². The Labute approximate surface area is 185 Å². The Balaban J connectivity index is 2.12. The molecule has 0 unspecified atom stereocenters. The monoisotopic (exact) mass is 497 g/mol. The molecule has 33 heavy (non-hydrogen) atoms. The lowest BCUT2D eigenvalue weighted by Gasteiger charge is -2.05. The lowest BCUT2D eigenvalue weighted by Crippen LogP contribution is -2.14. The number of azo groups is 1. The number of aromatic carboxylic acids is 1. The van der Waals surface area contributed by atoms with Gasteiger partial charge in [0, 0.05) is 12.7 Å². The molecular formula is C17H15N5O9S2. The van der Waals surface area contributed by atoms with Crippen LogP contribution in [0.2, 0.25) is 0 Å². The third kappa shape index (κ3) is 4.98. The van der Waals surface area contributed by atoms with Crippen LogP contribution in [0.3, 0.4) is 0 Å². The molecule has 0 radical (unpaired) electrons. The number of benzene rings is 2. The van der Waals surface area contributed by atoms with Crippen LogP contribution in [0.25, 0.3) is 5.69 Å². The van der Waals surface area contributed by atoms with E-state index in [1.807, 2.05) is 0 Å². The molecule has 0 saturated carbocycles. The predicted molar refractivity (Wildman–Crippen MR) is 113 cm³/mol. The van der Waals surface area contributed by atoms with Gasteiger partial charge in [-0.1, -0.05) is 0 Å². The van der Waals surface area contributed by atoms with E-state index in [1.54, 1.807) is 0 Å². The zero-order valence-electron chi connectivity index (χ0n) is 16.5. The van der Waals surface area contributed by atoms with Gasteiger partial charge >= 0.3 is 5.97 Å². The topological polar surface area (TPSA) is 221 Å². The highest BCUT2D eigenvalue weighted by molar-refractivity contribution is 7.86. The molecule has 1 aromatic heterocycles. The van der Waals surface area contributed by atoms with Crippen LogP contribution in [0, 0.1) is 0 Å². The van der Waals surface area contributed by atoms with Gasteiger partial charge in [-0.25, -0.2) is 9.48 Å². The second kappa shape index (κ2) is 8.58. The van der Waals surface area contributed by atoms with Crippen LogP contribution in [-0.4, -0.2) is 53.8 Å². The van der Waals surface area contributed by atoms with Crippen LogP contribution in [0.15, 0.2) is 67.3 Å². The molecule has 0 atom stereocenters. The smallest absolute Gasteiger partial charge is 0.356 e. The molecule has 5 N–H and O–H groups in total.